The van der Waals surface area contributed by atoms with E-state index in [-0.39, 0.29) is 17.2 Å². The number of aliphatic hydroxyl groups is 1. The summed E-state index contributed by atoms with van der Waals surface area (Å²) in [5.74, 6) is -0.627. The Balaban J connectivity index is 1.78. The van der Waals surface area contributed by atoms with E-state index in [1.165, 1.54) is 11.3 Å². The van der Waals surface area contributed by atoms with E-state index in [0.717, 1.165) is 22.4 Å². The van der Waals surface area contributed by atoms with Gasteiger partial charge in [0.05, 0.1) is 11.0 Å². The second-order valence-corrected chi connectivity index (χ2v) is 6.82. The molecule has 26 heavy (non-hydrogen) atoms. The Hall–Kier alpha value is -3.11. The van der Waals surface area contributed by atoms with E-state index < -0.39 is 12.6 Å². The van der Waals surface area contributed by atoms with Crippen molar-refractivity contribution in [3.63, 3.8) is 0 Å². The van der Waals surface area contributed by atoms with Gasteiger partial charge in [0.1, 0.15) is 23.1 Å². The monoisotopic (exact) mass is 367 g/mol. The molecule has 0 saturated heterocycles. The van der Waals surface area contributed by atoms with Crippen LogP contribution in [0.5, 0.6) is 0 Å². The number of benzene rings is 1. The number of H-pyrrole nitrogens is 1. The Morgan fingerprint density at radius 1 is 1.42 bits per heavy atom. The van der Waals surface area contributed by atoms with E-state index in [2.05, 4.69) is 9.97 Å². The maximum absolute atomic E-state index is 12.2. The molecule has 7 heteroatoms. The van der Waals surface area contributed by atoms with Crippen LogP contribution in [0.15, 0.2) is 36.1 Å². The Morgan fingerprint density at radius 3 is 2.85 bits per heavy atom. The molecule has 132 valence electrons. The van der Waals surface area contributed by atoms with Crippen LogP contribution in [0.2, 0.25) is 0 Å². The van der Waals surface area contributed by atoms with E-state index >= 15 is 0 Å². The van der Waals surface area contributed by atoms with Gasteiger partial charge in [-0.15, -0.1) is 11.3 Å². The second kappa shape index (κ2) is 7.42. The highest BCUT2D eigenvalue weighted by molar-refractivity contribution is 7.14. The molecule has 1 aromatic carbocycles. The topological polar surface area (TPSA) is 99.0 Å². The molecule has 0 unspecified atom stereocenters. The van der Waals surface area contributed by atoms with Gasteiger partial charge in [-0.2, -0.15) is 5.26 Å². The van der Waals surface area contributed by atoms with Gasteiger partial charge in [-0.1, -0.05) is 19.1 Å². The number of nitriles is 1. The first-order valence-electron chi connectivity index (χ1n) is 8.07. The number of thiophene rings is 1. The van der Waals surface area contributed by atoms with Gasteiger partial charge in [-0.25, -0.2) is 9.78 Å². The van der Waals surface area contributed by atoms with Gasteiger partial charge >= 0.3 is 5.97 Å². The van der Waals surface area contributed by atoms with Gasteiger partial charge < -0.3 is 14.8 Å². The minimum Gasteiger partial charge on any atom is -0.507 e. The van der Waals surface area contributed by atoms with Crippen LogP contribution in [-0.2, 0) is 11.2 Å². The van der Waals surface area contributed by atoms with Crippen LogP contribution in [-0.4, -0.2) is 27.7 Å². The molecule has 0 aliphatic carbocycles. The van der Waals surface area contributed by atoms with Crippen LogP contribution in [0.4, 0.5) is 0 Å². The Labute approximate surface area is 154 Å². The third-order valence-corrected chi connectivity index (χ3v) is 5.27. The van der Waals surface area contributed by atoms with Crippen LogP contribution < -0.4 is 0 Å². The van der Waals surface area contributed by atoms with Gasteiger partial charge in [-0.05, 0) is 37.1 Å². The number of hydrogen-bond donors (Lipinski definition) is 2. The number of aromatic nitrogens is 2. The zero-order valence-corrected chi connectivity index (χ0v) is 15.2. The maximum atomic E-state index is 12.2. The summed E-state index contributed by atoms with van der Waals surface area (Å²) >= 11 is 1.38. The molecule has 0 atom stereocenters. The van der Waals surface area contributed by atoms with Crippen LogP contribution in [0.25, 0.3) is 16.6 Å². The molecule has 0 amide bonds. The summed E-state index contributed by atoms with van der Waals surface area (Å²) in [6, 6.07) is 11.0. The summed E-state index contributed by atoms with van der Waals surface area (Å²) < 4.78 is 5.15. The molecule has 6 nitrogen and oxygen atoms in total. The number of rotatable bonds is 5. The quantitative estimate of drug-likeness (QED) is 0.401. The lowest BCUT2D eigenvalue weighted by atomic mass is 10.2. The molecular weight excluding hydrogens is 350 g/mol. The van der Waals surface area contributed by atoms with Crippen molar-refractivity contribution < 1.29 is 14.6 Å². The van der Waals surface area contributed by atoms with Crippen molar-refractivity contribution in [1.29, 1.82) is 5.26 Å². The number of carbonyl (C=O) groups excluding carboxylic acids is 1. The number of aryl methyl sites for hydroxylation is 2. The molecule has 2 heterocycles. The average molecular weight is 367 g/mol. The predicted octanol–water partition coefficient (Wildman–Crippen LogP) is 4.14. The standard InChI is InChI=1S/C19H17N3O3S/c1-3-16-11(2)8-17(26-16)19(24)25-10-15(23)12(9-20)18-21-13-6-4-5-7-14(13)22-18/h4-8,23H,3,10H2,1-2H3,(H,21,22). The SMILES string of the molecule is CCc1sc(C(=O)OCC(O)=C(C#N)c2nc3ccccc3[nH]2)cc1C. The zero-order chi connectivity index (χ0) is 18.7. The number of esters is 1. The Morgan fingerprint density at radius 2 is 2.19 bits per heavy atom. The summed E-state index contributed by atoms with van der Waals surface area (Å²) in [6.07, 6.45) is 0.847. The minimum absolute atomic E-state index is 0.0504. The molecule has 2 aromatic heterocycles. The number of hydrogen-bond acceptors (Lipinski definition) is 6. The number of fused-ring (bicyclic) bond motifs is 1. The molecule has 0 saturated carbocycles. The van der Waals surface area contributed by atoms with Crippen LogP contribution in [0.1, 0.15) is 32.9 Å². The normalized spacial score (nSPS) is 11.9. The molecule has 0 fully saturated rings. The number of imidazole rings is 1. The summed E-state index contributed by atoms with van der Waals surface area (Å²) in [6.45, 7) is 3.57. The molecule has 0 aliphatic heterocycles. The van der Waals surface area contributed by atoms with Crippen molar-refractivity contribution in [2.45, 2.75) is 20.3 Å². The van der Waals surface area contributed by atoms with Crippen molar-refractivity contribution in [3.05, 3.63) is 57.2 Å². The lowest BCUT2D eigenvalue weighted by Gasteiger charge is -2.04. The highest BCUT2D eigenvalue weighted by atomic mass is 32.1. The Bertz CT molecular complexity index is 1010. The number of ether oxygens (including phenoxy) is 1. The molecule has 3 aromatic rings. The lowest BCUT2D eigenvalue weighted by molar-refractivity contribution is 0.0508. The van der Waals surface area contributed by atoms with Gasteiger partial charge in [0.15, 0.2) is 11.6 Å². The van der Waals surface area contributed by atoms with E-state index in [4.69, 9.17) is 4.74 Å². The molecule has 0 spiro atoms. The first-order valence-corrected chi connectivity index (χ1v) is 8.89. The number of nitrogens with one attached hydrogen (secondary N) is 1. The summed E-state index contributed by atoms with van der Waals surface area (Å²) in [4.78, 5) is 21.0. The van der Waals surface area contributed by atoms with E-state index in [9.17, 15) is 15.2 Å². The average Bonchev–Trinajstić information content (AvgIpc) is 3.23. The lowest BCUT2D eigenvalue weighted by Crippen LogP contribution is -2.08. The highest BCUT2D eigenvalue weighted by Crippen LogP contribution is 2.24. The van der Waals surface area contributed by atoms with Gasteiger partial charge in [0.2, 0.25) is 0 Å². The number of aliphatic hydroxyl groups excluding tert-OH is 1. The van der Waals surface area contributed by atoms with Crippen molar-refractivity contribution in [3.8, 4) is 6.07 Å². The maximum Gasteiger partial charge on any atom is 0.348 e. The fourth-order valence-electron chi connectivity index (χ4n) is 2.57. The van der Waals surface area contributed by atoms with Crippen molar-refractivity contribution in [1.82, 2.24) is 9.97 Å². The van der Waals surface area contributed by atoms with E-state index in [1.807, 2.05) is 38.1 Å². The van der Waals surface area contributed by atoms with Crippen molar-refractivity contribution in [2.24, 2.45) is 0 Å². The molecule has 0 aliphatic rings. The van der Waals surface area contributed by atoms with E-state index in [1.54, 1.807) is 12.1 Å². The molecule has 2 N–H and O–H groups in total. The van der Waals surface area contributed by atoms with E-state index in [0.29, 0.717) is 10.4 Å². The second-order valence-electron chi connectivity index (χ2n) is 5.68. The summed E-state index contributed by atoms with van der Waals surface area (Å²) in [7, 11) is 0. The molecule has 3 rings (SSSR count). The first-order chi connectivity index (χ1) is 12.5. The minimum atomic E-state index is -0.522. The summed E-state index contributed by atoms with van der Waals surface area (Å²) in [5, 5.41) is 19.6. The van der Waals surface area contributed by atoms with Crippen molar-refractivity contribution >= 4 is 33.9 Å². The van der Waals surface area contributed by atoms with Crippen LogP contribution >= 0.6 is 11.3 Å². The number of aromatic amines is 1. The first kappa shape index (κ1) is 17.7. The third kappa shape index (κ3) is 3.46. The summed E-state index contributed by atoms with van der Waals surface area (Å²) in [5.41, 5.74) is 2.43. The van der Waals surface area contributed by atoms with Crippen LogP contribution in [0.3, 0.4) is 0 Å². The Kier molecular flexibility index (Phi) is 5.05. The van der Waals surface area contributed by atoms with Crippen LogP contribution in [0, 0.1) is 18.3 Å². The van der Waals surface area contributed by atoms with Gasteiger partial charge in [0, 0.05) is 4.88 Å². The fourth-order valence-corrected chi connectivity index (χ4v) is 3.58. The number of nitrogens with zero attached hydrogens (tertiary/aromatic N) is 2. The fraction of sp³-hybridized carbons (Fsp3) is 0.211. The van der Waals surface area contributed by atoms with Gasteiger partial charge in [-0.3, -0.25) is 0 Å². The number of carbonyl (C=O) groups is 1. The number of allylic oxidation sites excluding steroid dienone is 1. The molecule has 0 bridgehead atoms. The van der Waals surface area contributed by atoms with Crippen molar-refractivity contribution in [2.75, 3.05) is 6.61 Å². The smallest absolute Gasteiger partial charge is 0.348 e. The zero-order valence-electron chi connectivity index (χ0n) is 14.4. The number of para-hydroxylation sites is 2. The molecular formula is C19H17N3O3S. The molecule has 0 radical (unpaired) electrons. The largest absolute Gasteiger partial charge is 0.507 e. The predicted molar refractivity (Wildman–Crippen MR) is 100.0 cm³/mol. The highest BCUT2D eigenvalue weighted by Gasteiger charge is 2.17. The third-order valence-electron chi connectivity index (χ3n) is 3.91. The van der Waals surface area contributed by atoms with Gasteiger partial charge in [0.25, 0.3) is 0 Å².